The minimum Gasteiger partial charge on any atom is -0.381 e. The maximum Gasteiger partial charge on any atom is 0.240 e. The molecule has 0 saturated heterocycles. The van der Waals surface area contributed by atoms with Crippen LogP contribution in [0.15, 0.2) is 53.4 Å². The van der Waals surface area contributed by atoms with Crippen LogP contribution in [0, 0.1) is 0 Å². The van der Waals surface area contributed by atoms with E-state index in [1.54, 1.807) is 12.1 Å². The van der Waals surface area contributed by atoms with Gasteiger partial charge in [-0.2, -0.15) is 0 Å². The Hall–Kier alpha value is -1.80. The van der Waals surface area contributed by atoms with E-state index >= 15 is 0 Å². The molecule has 160 valence electrons. The standard InChI is InChI=1S/C21H30N4O2S.ClH/c22-13-14-24-28(26,27)19-11-12-20(25-18-9-5-2-6-10-18)21(15-19)23-16-17-7-3-1-4-8-17;/h1,3-4,7-8,11-12,15,18,23-25H,2,5-6,9-10,13-14,16,22H2;1H. The second-order valence-electron chi connectivity index (χ2n) is 7.21. The Morgan fingerprint density at radius 2 is 1.69 bits per heavy atom. The van der Waals surface area contributed by atoms with Crippen LogP contribution in [0.2, 0.25) is 0 Å². The summed E-state index contributed by atoms with van der Waals surface area (Å²) in [4.78, 5) is 0.241. The third-order valence-corrected chi connectivity index (χ3v) is 6.49. The molecule has 0 unspecified atom stereocenters. The molecule has 0 aliphatic heterocycles. The Labute approximate surface area is 180 Å². The molecule has 0 atom stereocenters. The van der Waals surface area contributed by atoms with Crippen molar-refractivity contribution >= 4 is 33.8 Å². The van der Waals surface area contributed by atoms with Gasteiger partial charge in [-0.05, 0) is 36.6 Å². The maximum atomic E-state index is 12.5. The number of nitrogens with one attached hydrogen (secondary N) is 3. The molecule has 5 N–H and O–H groups in total. The van der Waals surface area contributed by atoms with Gasteiger partial charge in [0.1, 0.15) is 0 Å². The van der Waals surface area contributed by atoms with Crippen LogP contribution < -0.4 is 21.1 Å². The lowest BCUT2D eigenvalue weighted by Gasteiger charge is -2.25. The topological polar surface area (TPSA) is 96.2 Å². The zero-order chi connectivity index (χ0) is 19.8. The van der Waals surface area contributed by atoms with Gasteiger partial charge >= 0.3 is 0 Å². The Kier molecular flexibility index (Phi) is 9.23. The third-order valence-electron chi connectivity index (χ3n) is 5.03. The van der Waals surface area contributed by atoms with Crippen molar-refractivity contribution in [3.05, 3.63) is 54.1 Å². The van der Waals surface area contributed by atoms with E-state index in [9.17, 15) is 8.42 Å². The monoisotopic (exact) mass is 438 g/mol. The first-order valence-corrected chi connectivity index (χ1v) is 11.4. The van der Waals surface area contributed by atoms with Crippen molar-refractivity contribution in [2.45, 2.75) is 49.6 Å². The molecular weight excluding hydrogens is 408 g/mol. The number of nitrogens with two attached hydrogens (primary N) is 1. The Balaban J connectivity index is 0.00000300. The Bertz CT molecular complexity index is 856. The predicted octanol–water partition coefficient (Wildman–Crippen LogP) is 3.70. The summed E-state index contributed by atoms with van der Waals surface area (Å²) in [7, 11) is -3.58. The van der Waals surface area contributed by atoms with Crippen molar-refractivity contribution in [3.63, 3.8) is 0 Å². The van der Waals surface area contributed by atoms with Gasteiger partial charge in [0.05, 0.1) is 16.3 Å². The molecule has 3 rings (SSSR count). The lowest BCUT2D eigenvalue weighted by atomic mass is 9.95. The largest absolute Gasteiger partial charge is 0.381 e. The SMILES string of the molecule is Cl.NCCNS(=O)(=O)c1ccc(NC2CCCCC2)c(NCc2ccccc2)c1. The Morgan fingerprint density at radius 3 is 2.38 bits per heavy atom. The van der Waals surface area contributed by atoms with Crippen LogP contribution in [-0.2, 0) is 16.6 Å². The van der Waals surface area contributed by atoms with Crippen molar-refractivity contribution < 1.29 is 8.42 Å². The summed E-state index contributed by atoms with van der Waals surface area (Å²) in [5.41, 5.74) is 8.32. The Morgan fingerprint density at radius 1 is 0.966 bits per heavy atom. The fourth-order valence-electron chi connectivity index (χ4n) is 3.50. The fraction of sp³-hybridized carbons (Fsp3) is 0.429. The summed E-state index contributed by atoms with van der Waals surface area (Å²) in [6.45, 7) is 1.11. The van der Waals surface area contributed by atoms with E-state index < -0.39 is 10.0 Å². The van der Waals surface area contributed by atoms with Crippen LogP contribution in [0.25, 0.3) is 0 Å². The quantitative estimate of drug-likeness (QED) is 0.478. The highest BCUT2D eigenvalue weighted by molar-refractivity contribution is 7.89. The summed E-state index contributed by atoms with van der Waals surface area (Å²) in [5.74, 6) is 0. The van der Waals surface area contributed by atoms with Crippen LogP contribution in [0.4, 0.5) is 11.4 Å². The van der Waals surface area contributed by atoms with Crippen molar-refractivity contribution in [1.29, 1.82) is 0 Å². The van der Waals surface area contributed by atoms with E-state index in [1.165, 1.54) is 19.3 Å². The molecule has 1 aliphatic carbocycles. The lowest BCUT2D eigenvalue weighted by Crippen LogP contribution is -2.29. The van der Waals surface area contributed by atoms with E-state index in [-0.39, 0.29) is 30.4 Å². The molecule has 1 saturated carbocycles. The molecule has 0 heterocycles. The van der Waals surface area contributed by atoms with E-state index in [0.717, 1.165) is 29.8 Å². The summed E-state index contributed by atoms with van der Waals surface area (Å²) in [5, 5.41) is 7.02. The molecule has 29 heavy (non-hydrogen) atoms. The summed E-state index contributed by atoms with van der Waals surface area (Å²) in [6.07, 6.45) is 6.06. The second kappa shape index (κ2) is 11.4. The van der Waals surface area contributed by atoms with Gasteiger partial charge in [0.2, 0.25) is 10.0 Å². The van der Waals surface area contributed by atoms with Gasteiger partial charge in [0.25, 0.3) is 0 Å². The molecule has 1 fully saturated rings. The molecule has 2 aromatic rings. The van der Waals surface area contributed by atoms with Gasteiger partial charge in [-0.1, -0.05) is 49.6 Å². The number of hydrogen-bond acceptors (Lipinski definition) is 5. The van der Waals surface area contributed by atoms with Crippen LogP contribution in [0.1, 0.15) is 37.7 Å². The van der Waals surface area contributed by atoms with Crippen molar-refractivity contribution in [3.8, 4) is 0 Å². The number of halogens is 1. The maximum absolute atomic E-state index is 12.5. The molecule has 0 bridgehead atoms. The normalized spacial score (nSPS) is 14.8. The average molecular weight is 439 g/mol. The molecular formula is C21H31ClN4O2S. The number of anilines is 2. The average Bonchev–Trinajstić information content (AvgIpc) is 2.73. The first kappa shape index (κ1) is 23.5. The number of sulfonamides is 1. The smallest absolute Gasteiger partial charge is 0.240 e. The van der Waals surface area contributed by atoms with Crippen LogP contribution >= 0.6 is 12.4 Å². The van der Waals surface area contributed by atoms with Gasteiger partial charge < -0.3 is 16.4 Å². The van der Waals surface area contributed by atoms with Crippen LogP contribution in [0.3, 0.4) is 0 Å². The van der Waals surface area contributed by atoms with Crippen LogP contribution in [-0.4, -0.2) is 27.5 Å². The molecule has 1 aliphatic rings. The van der Waals surface area contributed by atoms with Gasteiger partial charge in [-0.3, -0.25) is 0 Å². The highest BCUT2D eigenvalue weighted by Gasteiger charge is 2.18. The number of benzene rings is 2. The third kappa shape index (κ3) is 6.89. The summed E-state index contributed by atoms with van der Waals surface area (Å²) in [6, 6.07) is 15.7. The van der Waals surface area contributed by atoms with E-state index in [1.807, 2.05) is 36.4 Å². The predicted molar refractivity (Wildman–Crippen MR) is 122 cm³/mol. The van der Waals surface area contributed by atoms with E-state index in [2.05, 4.69) is 15.4 Å². The zero-order valence-electron chi connectivity index (χ0n) is 16.6. The molecule has 6 nitrogen and oxygen atoms in total. The number of hydrogen-bond donors (Lipinski definition) is 4. The summed E-state index contributed by atoms with van der Waals surface area (Å²) < 4.78 is 27.5. The lowest BCUT2D eigenvalue weighted by molar-refractivity contribution is 0.463. The molecule has 0 amide bonds. The van der Waals surface area contributed by atoms with Gasteiger partial charge in [0, 0.05) is 25.7 Å². The van der Waals surface area contributed by atoms with Gasteiger partial charge in [-0.25, -0.2) is 13.1 Å². The van der Waals surface area contributed by atoms with Crippen molar-refractivity contribution in [2.24, 2.45) is 5.73 Å². The zero-order valence-corrected chi connectivity index (χ0v) is 18.2. The van der Waals surface area contributed by atoms with E-state index in [0.29, 0.717) is 12.6 Å². The minimum atomic E-state index is -3.58. The minimum absolute atomic E-state index is 0. The van der Waals surface area contributed by atoms with Gasteiger partial charge in [0.15, 0.2) is 0 Å². The van der Waals surface area contributed by atoms with Crippen molar-refractivity contribution in [2.75, 3.05) is 23.7 Å². The highest BCUT2D eigenvalue weighted by atomic mass is 35.5. The molecule has 0 spiro atoms. The van der Waals surface area contributed by atoms with Crippen molar-refractivity contribution in [1.82, 2.24) is 4.72 Å². The molecule has 2 aromatic carbocycles. The number of rotatable bonds is 9. The molecule has 0 aromatic heterocycles. The highest BCUT2D eigenvalue weighted by Crippen LogP contribution is 2.29. The van der Waals surface area contributed by atoms with Crippen LogP contribution in [0.5, 0.6) is 0 Å². The second-order valence-corrected chi connectivity index (χ2v) is 8.98. The first-order chi connectivity index (χ1) is 13.6. The summed E-state index contributed by atoms with van der Waals surface area (Å²) >= 11 is 0. The first-order valence-electron chi connectivity index (χ1n) is 9.96. The molecule has 0 radical (unpaired) electrons. The fourth-order valence-corrected chi connectivity index (χ4v) is 4.57. The van der Waals surface area contributed by atoms with E-state index in [4.69, 9.17) is 5.73 Å². The molecule has 8 heteroatoms. The van der Waals surface area contributed by atoms with Gasteiger partial charge in [-0.15, -0.1) is 12.4 Å².